The maximum Gasteiger partial charge on any atom is 0.363 e. The van der Waals surface area contributed by atoms with Crippen molar-refractivity contribution >= 4 is 12.0 Å². The molecule has 0 aliphatic rings. The first-order valence-corrected chi connectivity index (χ1v) is 5.96. The van der Waals surface area contributed by atoms with Crippen LogP contribution < -0.4 is 11.1 Å². The van der Waals surface area contributed by atoms with Crippen molar-refractivity contribution in [3.8, 4) is 0 Å². The minimum Gasteiger partial charge on any atom is -0.260 e. The van der Waals surface area contributed by atoms with E-state index in [1.165, 1.54) is 11.8 Å². The van der Waals surface area contributed by atoms with E-state index in [9.17, 15) is 4.79 Å². The van der Waals surface area contributed by atoms with Crippen LogP contribution in [-0.2, 0) is 0 Å². The molecule has 0 atom stereocenters. The van der Waals surface area contributed by atoms with Crippen LogP contribution in [0.3, 0.4) is 0 Å². The number of hydrazone groups is 1. The van der Waals surface area contributed by atoms with Gasteiger partial charge in [0, 0.05) is 0 Å². The Morgan fingerprint density at radius 2 is 2.05 bits per heavy atom. The molecule has 0 spiro atoms. The van der Waals surface area contributed by atoms with Crippen molar-refractivity contribution in [3.05, 3.63) is 52.1 Å². The van der Waals surface area contributed by atoms with Gasteiger partial charge in [0.2, 0.25) is 0 Å². The number of hydrogen-bond donors (Lipinski definition) is 2. The van der Waals surface area contributed by atoms with Crippen LogP contribution in [-0.4, -0.2) is 21.4 Å². The van der Waals surface area contributed by atoms with Crippen molar-refractivity contribution in [3.63, 3.8) is 0 Å². The summed E-state index contributed by atoms with van der Waals surface area (Å²) in [6, 6.07) is 8.12. The molecule has 0 bridgehead atoms. The third-order valence-corrected chi connectivity index (χ3v) is 2.56. The van der Waals surface area contributed by atoms with Crippen LogP contribution in [0.2, 0.25) is 0 Å². The summed E-state index contributed by atoms with van der Waals surface area (Å²) < 4.78 is 0. The fraction of sp³-hybridized carbons (Fsp3) is 0.231. The largest absolute Gasteiger partial charge is 0.363 e. The van der Waals surface area contributed by atoms with E-state index < -0.39 is 5.69 Å². The summed E-state index contributed by atoms with van der Waals surface area (Å²) in [4.78, 5) is 14.5. The third-order valence-electron chi connectivity index (χ3n) is 2.56. The lowest BCUT2D eigenvalue weighted by Gasteiger charge is -2.04. The minimum absolute atomic E-state index is 0.304. The van der Waals surface area contributed by atoms with Crippen molar-refractivity contribution in [1.82, 2.24) is 15.2 Å². The van der Waals surface area contributed by atoms with Gasteiger partial charge < -0.3 is 0 Å². The standard InChI is InChI=1S/C13H15N5O/c1-9(2)11-5-3-10(4-6-11)7-14-17-12-8-15-18-13(19)16-12/h3-9H,1-2H3,(H2,16,17,18,19)/b14-7+. The Morgan fingerprint density at radius 3 is 2.68 bits per heavy atom. The average molecular weight is 257 g/mol. The molecule has 0 saturated carbocycles. The minimum atomic E-state index is -0.513. The van der Waals surface area contributed by atoms with Crippen LogP contribution in [0.1, 0.15) is 30.9 Å². The fourth-order valence-electron chi connectivity index (χ4n) is 1.51. The van der Waals surface area contributed by atoms with Crippen LogP contribution in [0.4, 0.5) is 5.82 Å². The molecular weight excluding hydrogens is 242 g/mol. The van der Waals surface area contributed by atoms with Crippen molar-refractivity contribution in [2.24, 2.45) is 5.10 Å². The van der Waals surface area contributed by atoms with E-state index in [1.54, 1.807) is 6.21 Å². The summed E-state index contributed by atoms with van der Waals surface area (Å²) in [6.45, 7) is 4.30. The lowest BCUT2D eigenvalue weighted by molar-refractivity contribution is 0.866. The number of benzene rings is 1. The van der Waals surface area contributed by atoms with Gasteiger partial charge in [0.1, 0.15) is 0 Å². The van der Waals surface area contributed by atoms with E-state index in [0.29, 0.717) is 11.7 Å². The van der Waals surface area contributed by atoms with Crippen LogP contribution in [0.15, 0.2) is 40.4 Å². The van der Waals surface area contributed by atoms with Crippen molar-refractivity contribution in [2.45, 2.75) is 19.8 Å². The van der Waals surface area contributed by atoms with E-state index in [2.05, 4.69) is 51.7 Å². The maximum atomic E-state index is 10.9. The monoisotopic (exact) mass is 257 g/mol. The quantitative estimate of drug-likeness (QED) is 0.645. The Bertz CT molecular complexity index is 615. The molecule has 0 aliphatic heterocycles. The molecule has 0 unspecified atom stereocenters. The maximum absolute atomic E-state index is 10.9. The molecule has 0 fully saturated rings. The molecule has 0 aliphatic carbocycles. The van der Waals surface area contributed by atoms with Crippen molar-refractivity contribution in [1.29, 1.82) is 0 Å². The number of aromatic amines is 1. The zero-order valence-corrected chi connectivity index (χ0v) is 10.8. The Kier molecular flexibility index (Phi) is 4.02. The van der Waals surface area contributed by atoms with Gasteiger partial charge in [0.25, 0.3) is 0 Å². The zero-order chi connectivity index (χ0) is 13.7. The normalized spacial score (nSPS) is 11.1. The van der Waals surface area contributed by atoms with E-state index in [1.807, 2.05) is 12.1 Å². The molecule has 2 N–H and O–H groups in total. The second-order valence-corrected chi connectivity index (χ2v) is 4.36. The third kappa shape index (κ3) is 3.74. The topological polar surface area (TPSA) is 83.0 Å². The van der Waals surface area contributed by atoms with Gasteiger partial charge in [0.05, 0.1) is 12.4 Å². The predicted octanol–water partition coefficient (Wildman–Crippen LogP) is 1.73. The SMILES string of the molecule is CC(C)c1ccc(/C=N/Nc2cn[nH]c(=O)n2)cc1. The molecule has 19 heavy (non-hydrogen) atoms. The number of hydrogen-bond acceptors (Lipinski definition) is 5. The van der Waals surface area contributed by atoms with Crippen LogP contribution in [0.25, 0.3) is 0 Å². The molecule has 0 radical (unpaired) electrons. The summed E-state index contributed by atoms with van der Waals surface area (Å²) in [5.41, 5.74) is 4.38. The van der Waals surface area contributed by atoms with Gasteiger partial charge >= 0.3 is 5.69 Å². The molecule has 1 aromatic heterocycles. The number of aromatic nitrogens is 3. The van der Waals surface area contributed by atoms with E-state index in [4.69, 9.17) is 0 Å². The number of nitrogens with one attached hydrogen (secondary N) is 2. The molecule has 0 saturated heterocycles. The highest BCUT2D eigenvalue weighted by Crippen LogP contribution is 2.13. The molecule has 98 valence electrons. The van der Waals surface area contributed by atoms with Gasteiger partial charge in [-0.3, -0.25) is 5.43 Å². The summed E-state index contributed by atoms with van der Waals surface area (Å²) in [6.07, 6.45) is 3.05. The number of anilines is 1. The molecule has 6 nitrogen and oxygen atoms in total. The van der Waals surface area contributed by atoms with E-state index in [0.717, 1.165) is 5.56 Å². The van der Waals surface area contributed by atoms with Gasteiger partial charge in [-0.05, 0) is 17.0 Å². The van der Waals surface area contributed by atoms with E-state index >= 15 is 0 Å². The van der Waals surface area contributed by atoms with Gasteiger partial charge in [-0.25, -0.2) is 9.89 Å². The Labute approximate surface area is 110 Å². The van der Waals surface area contributed by atoms with Gasteiger partial charge in [-0.1, -0.05) is 38.1 Å². The number of nitrogens with zero attached hydrogens (tertiary/aromatic N) is 3. The van der Waals surface area contributed by atoms with Crippen LogP contribution in [0, 0.1) is 0 Å². The smallest absolute Gasteiger partial charge is 0.260 e. The van der Waals surface area contributed by atoms with Gasteiger partial charge in [-0.15, -0.1) is 0 Å². The fourth-order valence-corrected chi connectivity index (χ4v) is 1.51. The molecule has 2 rings (SSSR count). The number of H-pyrrole nitrogens is 1. The van der Waals surface area contributed by atoms with Crippen molar-refractivity contribution < 1.29 is 0 Å². The summed E-state index contributed by atoms with van der Waals surface area (Å²) in [7, 11) is 0. The van der Waals surface area contributed by atoms with Crippen LogP contribution in [0.5, 0.6) is 0 Å². The van der Waals surface area contributed by atoms with Crippen LogP contribution >= 0.6 is 0 Å². The second-order valence-electron chi connectivity index (χ2n) is 4.36. The predicted molar refractivity (Wildman–Crippen MR) is 74.4 cm³/mol. The molecule has 1 heterocycles. The van der Waals surface area contributed by atoms with E-state index in [-0.39, 0.29) is 0 Å². The summed E-state index contributed by atoms with van der Waals surface area (Å²) in [5, 5.41) is 9.79. The highest BCUT2D eigenvalue weighted by molar-refractivity contribution is 5.80. The molecular formula is C13H15N5O. The van der Waals surface area contributed by atoms with Crippen molar-refractivity contribution in [2.75, 3.05) is 5.43 Å². The Hall–Kier alpha value is -2.50. The second kappa shape index (κ2) is 5.90. The number of rotatable bonds is 4. The zero-order valence-electron chi connectivity index (χ0n) is 10.8. The first kappa shape index (κ1) is 12.9. The molecule has 6 heteroatoms. The highest BCUT2D eigenvalue weighted by Gasteiger charge is 1.97. The molecule has 0 amide bonds. The Balaban J connectivity index is 2.01. The van der Waals surface area contributed by atoms with Gasteiger partial charge in [-0.2, -0.15) is 15.2 Å². The average Bonchev–Trinajstić information content (AvgIpc) is 2.39. The first-order chi connectivity index (χ1) is 9.15. The molecule has 1 aromatic carbocycles. The first-order valence-electron chi connectivity index (χ1n) is 5.96. The lowest BCUT2D eigenvalue weighted by Crippen LogP contribution is -2.13. The Morgan fingerprint density at radius 1 is 1.32 bits per heavy atom. The highest BCUT2D eigenvalue weighted by atomic mass is 16.1. The lowest BCUT2D eigenvalue weighted by atomic mass is 10.0. The summed E-state index contributed by atoms with van der Waals surface area (Å²) >= 11 is 0. The van der Waals surface area contributed by atoms with Gasteiger partial charge in [0.15, 0.2) is 5.82 Å². The summed E-state index contributed by atoms with van der Waals surface area (Å²) in [5.74, 6) is 0.814. The molecule has 2 aromatic rings.